The molecule has 0 saturated heterocycles. The Kier molecular flexibility index (Phi) is 4.63. The number of fused-ring (bicyclic) bond motifs is 2. The van der Waals surface area contributed by atoms with E-state index in [0.29, 0.717) is 13.4 Å². The maximum atomic E-state index is 5.81. The summed E-state index contributed by atoms with van der Waals surface area (Å²) in [4.78, 5) is 2.49. The first-order valence-corrected chi connectivity index (χ1v) is 9.05. The van der Waals surface area contributed by atoms with E-state index in [9.17, 15) is 0 Å². The van der Waals surface area contributed by atoms with E-state index < -0.39 is 0 Å². The van der Waals surface area contributed by atoms with Crippen molar-refractivity contribution in [1.82, 2.24) is 14.7 Å². The van der Waals surface area contributed by atoms with Crippen molar-refractivity contribution in [3.8, 4) is 11.5 Å². The smallest absolute Gasteiger partial charge is 0.231 e. The van der Waals surface area contributed by atoms with E-state index >= 15 is 0 Å². The first kappa shape index (κ1) is 16.4. The maximum Gasteiger partial charge on any atom is 0.231 e. The van der Waals surface area contributed by atoms with Gasteiger partial charge in [0.1, 0.15) is 0 Å². The number of ether oxygens (including phenoxy) is 3. The van der Waals surface area contributed by atoms with Crippen LogP contribution in [-0.2, 0) is 24.2 Å². The minimum atomic E-state index is 0.233. The lowest BCUT2D eigenvalue weighted by Gasteiger charge is -2.36. The second kappa shape index (κ2) is 7.06. The van der Waals surface area contributed by atoms with Gasteiger partial charge in [0.2, 0.25) is 6.79 Å². The predicted molar refractivity (Wildman–Crippen MR) is 93.8 cm³/mol. The molecule has 0 unspecified atom stereocenters. The highest BCUT2D eigenvalue weighted by Crippen LogP contribution is 2.35. The third-order valence-corrected chi connectivity index (χ3v) is 4.99. The summed E-state index contributed by atoms with van der Waals surface area (Å²) in [6.45, 7) is 8.68. The van der Waals surface area contributed by atoms with Crippen LogP contribution in [0, 0.1) is 0 Å². The third kappa shape index (κ3) is 3.12. The number of hydrogen-bond donors (Lipinski definition) is 0. The molecule has 6 heteroatoms. The molecule has 1 atom stereocenters. The first-order chi connectivity index (χ1) is 12.3. The Bertz CT molecular complexity index is 730. The van der Waals surface area contributed by atoms with Crippen LogP contribution >= 0.6 is 0 Å². The number of aryl methyl sites for hydroxylation is 1. The fourth-order valence-corrected chi connectivity index (χ4v) is 3.73. The minimum absolute atomic E-state index is 0.233. The molecule has 6 nitrogen and oxygen atoms in total. The van der Waals surface area contributed by atoms with Gasteiger partial charge < -0.3 is 14.2 Å². The van der Waals surface area contributed by atoms with Gasteiger partial charge in [0.15, 0.2) is 11.5 Å². The minimum Gasteiger partial charge on any atom is -0.454 e. The van der Waals surface area contributed by atoms with Gasteiger partial charge in [-0.15, -0.1) is 0 Å². The monoisotopic (exact) mass is 343 g/mol. The largest absolute Gasteiger partial charge is 0.454 e. The predicted octanol–water partition coefficient (Wildman–Crippen LogP) is 2.77. The van der Waals surface area contributed by atoms with Crippen LogP contribution in [0.4, 0.5) is 0 Å². The zero-order chi connectivity index (χ0) is 17.2. The highest BCUT2D eigenvalue weighted by atomic mass is 16.7. The average Bonchev–Trinajstić information content (AvgIpc) is 3.26. The molecule has 25 heavy (non-hydrogen) atoms. The molecule has 0 saturated carbocycles. The van der Waals surface area contributed by atoms with Crippen LogP contribution in [0.2, 0.25) is 0 Å². The SMILES string of the molecule is CCOC[C@H]1c2c(cnn2CC)CCN1Cc1ccc2c(c1)OCO2. The van der Waals surface area contributed by atoms with E-state index in [-0.39, 0.29) is 6.04 Å². The zero-order valence-corrected chi connectivity index (χ0v) is 14.9. The molecule has 0 amide bonds. The van der Waals surface area contributed by atoms with Crippen molar-refractivity contribution in [3.05, 3.63) is 41.2 Å². The van der Waals surface area contributed by atoms with E-state index in [0.717, 1.165) is 44.2 Å². The molecule has 3 heterocycles. The standard InChI is InChI=1S/C19H25N3O3/c1-3-22-19-15(10-20-22)7-8-21(16(19)12-23-4-2)11-14-5-6-17-18(9-14)25-13-24-17/h5-6,9-10,16H,3-4,7-8,11-13H2,1-2H3/t16-/m0/s1. The topological polar surface area (TPSA) is 48.8 Å². The Labute approximate surface area is 148 Å². The number of aromatic nitrogens is 2. The van der Waals surface area contributed by atoms with Crippen LogP contribution in [0.15, 0.2) is 24.4 Å². The van der Waals surface area contributed by atoms with Gasteiger partial charge >= 0.3 is 0 Å². The number of hydrogen-bond acceptors (Lipinski definition) is 5. The molecule has 2 aromatic rings. The van der Waals surface area contributed by atoms with E-state index in [1.165, 1.54) is 16.8 Å². The molecule has 2 aliphatic rings. The van der Waals surface area contributed by atoms with Gasteiger partial charge in [0, 0.05) is 26.2 Å². The summed E-state index contributed by atoms with van der Waals surface area (Å²) in [5.41, 5.74) is 3.90. The number of rotatable bonds is 6. The van der Waals surface area contributed by atoms with Crippen molar-refractivity contribution in [2.24, 2.45) is 0 Å². The molecule has 1 aromatic carbocycles. The van der Waals surface area contributed by atoms with Crippen molar-refractivity contribution >= 4 is 0 Å². The summed E-state index contributed by atoms with van der Waals surface area (Å²) < 4.78 is 18.9. The van der Waals surface area contributed by atoms with Crippen LogP contribution in [0.5, 0.6) is 11.5 Å². The Morgan fingerprint density at radius 1 is 1.24 bits per heavy atom. The normalized spacial score (nSPS) is 19.2. The molecule has 0 spiro atoms. The highest BCUT2D eigenvalue weighted by Gasteiger charge is 2.31. The zero-order valence-electron chi connectivity index (χ0n) is 14.9. The molecule has 1 aromatic heterocycles. The van der Waals surface area contributed by atoms with E-state index in [1.807, 2.05) is 19.2 Å². The second-order valence-electron chi connectivity index (χ2n) is 6.45. The summed E-state index contributed by atoms with van der Waals surface area (Å²) in [6.07, 6.45) is 3.05. The molecular weight excluding hydrogens is 318 g/mol. The molecule has 4 rings (SSSR count). The lowest BCUT2D eigenvalue weighted by molar-refractivity contribution is 0.0514. The summed E-state index contributed by atoms with van der Waals surface area (Å²) in [5.74, 6) is 1.68. The maximum absolute atomic E-state index is 5.81. The van der Waals surface area contributed by atoms with Crippen LogP contribution in [0.3, 0.4) is 0 Å². The molecule has 0 aliphatic carbocycles. The van der Waals surface area contributed by atoms with E-state index in [1.54, 1.807) is 0 Å². The van der Waals surface area contributed by atoms with Crippen LogP contribution < -0.4 is 9.47 Å². The van der Waals surface area contributed by atoms with Crippen LogP contribution in [-0.4, -0.2) is 41.2 Å². The quantitative estimate of drug-likeness (QED) is 0.807. The van der Waals surface area contributed by atoms with Crippen molar-refractivity contribution in [3.63, 3.8) is 0 Å². The molecule has 0 N–H and O–H groups in total. The van der Waals surface area contributed by atoms with Crippen molar-refractivity contribution in [2.75, 3.05) is 26.6 Å². The fraction of sp³-hybridized carbons (Fsp3) is 0.526. The van der Waals surface area contributed by atoms with Gasteiger partial charge in [0.05, 0.1) is 24.5 Å². The summed E-state index contributed by atoms with van der Waals surface area (Å²) in [6, 6.07) is 6.45. The summed E-state index contributed by atoms with van der Waals surface area (Å²) in [5, 5.41) is 4.56. The third-order valence-electron chi connectivity index (χ3n) is 4.99. The Morgan fingerprint density at radius 3 is 2.96 bits per heavy atom. The molecule has 134 valence electrons. The molecule has 0 fully saturated rings. The van der Waals surface area contributed by atoms with Gasteiger partial charge in [-0.25, -0.2) is 0 Å². The fourth-order valence-electron chi connectivity index (χ4n) is 3.73. The van der Waals surface area contributed by atoms with Gasteiger partial charge in [-0.05, 0) is 43.5 Å². The molecular formula is C19H25N3O3. The van der Waals surface area contributed by atoms with E-state index in [2.05, 4.69) is 33.7 Å². The molecule has 2 aliphatic heterocycles. The molecule has 0 radical (unpaired) electrons. The number of benzene rings is 1. The Balaban J connectivity index is 1.59. The first-order valence-electron chi connectivity index (χ1n) is 9.05. The second-order valence-corrected chi connectivity index (χ2v) is 6.45. The summed E-state index contributed by atoms with van der Waals surface area (Å²) in [7, 11) is 0. The van der Waals surface area contributed by atoms with Crippen molar-refractivity contribution in [2.45, 2.75) is 39.4 Å². The summed E-state index contributed by atoms with van der Waals surface area (Å²) >= 11 is 0. The van der Waals surface area contributed by atoms with E-state index in [4.69, 9.17) is 14.2 Å². The van der Waals surface area contributed by atoms with Gasteiger partial charge in [0.25, 0.3) is 0 Å². The van der Waals surface area contributed by atoms with Gasteiger partial charge in [-0.1, -0.05) is 6.07 Å². The Hall–Kier alpha value is -2.05. The van der Waals surface area contributed by atoms with Crippen LogP contribution in [0.1, 0.15) is 36.7 Å². The van der Waals surface area contributed by atoms with Crippen molar-refractivity contribution in [1.29, 1.82) is 0 Å². The lowest BCUT2D eigenvalue weighted by Crippen LogP contribution is -2.38. The average molecular weight is 343 g/mol. The Morgan fingerprint density at radius 2 is 2.12 bits per heavy atom. The van der Waals surface area contributed by atoms with Gasteiger partial charge in [-0.3, -0.25) is 9.58 Å². The van der Waals surface area contributed by atoms with Crippen LogP contribution in [0.25, 0.3) is 0 Å². The molecule has 0 bridgehead atoms. The lowest BCUT2D eigenvalue weighted by atomic mass is 9.99. The van der Waals surface area contributed by atoms with Gasteiger partial charge in [-0.2, -0.15) is 5.10 Å². The highest BCUT2D eigenvalue weighted by molar-refractivity contribution is 5.44. The van der Waals surface area contributed by atoms with Crippen molar-refractivity contribution < 1.29 is 14.2 Å². The number of nitrogens with zero attached hydrogens (tertiary/aromatic N) is 3.